The molecule has 0 saturated heterocycles. The van der Waals surface area contributed by atoms with Crippen molar-refractivity contribution in [3.05, 3.63) is 0 Å². The first-order chi connectivity index (χ1) is 5.67. The first-order valence-corrected chi connectivity index (χ1v) is 3.77. The summed E-state index contributed by atoms with van der Waals surface area (Å²) in [7, 11) is 0. The average Bonchev–Trinajstić information content (AvgIpc) is 2.11. The molecule has 0 aromatic carbocycles. The van der Waals surface area contributed by atoms with Crippen molar-refractivity contribution < 1.29 is 23.7 Å². The van der Waals surface area contributed by atoms with E-state index in [1.54, 1.807) is 6.92 Å². The maximum absolute atomic E-state index is 12.6. The van der Waals surface area contributed by atoms with Gasteiger partial charge in [-0.3, -0.25) is 0 Å². The van der Waals surface area contributed by atoms with Crippen LogP contribution in [0.1, 0.15) is 6.92 Å². The van der Waals surface area contributed by atoms with E-state index in [1.165, 1.54) is 0 Å². The lowest BCUT2D eigenvalue weighted by molar-refractivity contribution is -0.0922. The van der Waals surface area contributed by atoms with Crippen LogP contribution >= 0.6 is 0 Å². The third-order valence-electron chi connectivity index (χ3n) is 1.43. The van der Waals surface area contributed by atoms with Crippen molar-refractivity contribution >= 4 is 0 Å². The third-order valence-corrected chi connectivity index (χ3v) is 1.43. The Morgan fingerprint density at radius 3 is 2.42 bits per heavy atom. The van der Waals surface area contributed by atoms with Crippen LogP contribution in [-0.2, 0) is 4.74 Å². The molecule has 0 heterocycles. The molecule has 0 aromatic rings. The highest BCUT2D eigenvalue weighted by molar-refractivity contribution is 4.76. The summed E-state index contributed by atoms with van der Waals surface area (Å²) in [5, 5.41) is 17.4. The summed E-state index contributed by atoms with van der Waals surface area (Å²) < 4.78 is 29.2. The highest BCUT2D eigenvalue weighted by atomic mass is 19.2. The average molecular weight is 184 g/mol. The van der Waals surface area contributed by atoms with Crippen LogP contribution in [-0.4, -0.2) is 48.5 Å². The molecule has 12 heavy (non-hydrogen) atoms. The molecule has 3 nitrogen and oxygen atoms in total. The van der Waals surface area contributed by atoms with E-state index >= 15 is 0 Å². The van der Waals surface area contributed by atoms with Gasteiger partial charge in [-0.15, -0.1) is 0 Å². The predicted octanol–water partition coefficient (Wildman–Crippen LogP) is 0.0523. The topological polar surface area (TPSA) is 49.7 Å². The largest absolute Gasteiger partial charge is 0.394 e. The summed E-state index contributed by atoms with van der Waals surface area (Å²) in [5.41, 5.74) is 0. The number of rotatable bonds is 6. The van der Waals surface area contributed by atoms with Crippen LogP contribution in [0, 0.1) is 0 Å². The van der Waals surface area contributed by atoms with Crippen molar-refractivity contribution in [1.29, 1.82) is 0 Å². The van der Waals surface area contributed by atoms with Crippen LogP contribution in [0.2, 0.25) is 0 Å². The molecule has 0 aliphatic carbocycles. The van der Waals surface area contributed by atoms with Gasteiger partial charge < -0.3 is 14.9 Å². The Morgan fingerprint density at radius 1 is 1.50 bits per heavy atom. The molecule has 5 heteroatoms. The predicted molar refractivity (Wildman–Crippen MR) is 39.4 cm³/mol. The van der Waals surface area contributed by atoms with E-state index in [4.69, 9.17) is 14.9 Å². The summed E-state index contributed by atoms with van der Waals surface area (Å²) in [4.78, 5) is 0. The summed E-state index contributed by atoms with van der Waals surface area (Å²) >= 11 is 0. The van der Waals surface area contributed by atoms with E-state index in [2.05, 4.69) is 0 Å². The van der Waals surface area contributed by atoms with Gasteiger partial charge in [-0.2, -0.15) is 0 Å². The van der Waals surface area contributed by atoms with E-state index in [1.807, 2.05) is 0 Å². The Kier molecular flexibility index (Phi) is 6.14. The van der Waals surface area contributed by atoms with E-state index in [9.17, 15) is 8.78 Å². The number of hydrogen-bond donors (Lipinski definition) is 2. The fraction of sp³-hybridized carbons (Fsp3) is 1.00. The monoisotopic (exact) mass is 184 g/mol. The van der Waals surface area contributed by atoms with E-state index in [0.29, 0.717) is 0 Å². The quantitative estimate of drug-likeness (QED) is 0.613. The second-order valence-electron chi connectivity index (χ2n) is 2.34. The van der Waals surface area contributed by atoms with Crippen LogP contribution < -0.4 is 0 Å². The number of hydrogen-bond acceptors (Lipinski definition) is 3. The zero-order chi connectivity index (χ0) is 9.56. The molecule has 0 fully saturated rings. The highest BCUT2D eigenvalue weighted by Crippen LogP contribution is 2.09. The van der Waals surface area contributed by atoms with Crippen LogP contribution in [0.3, 0.4) is 0 Å². The number of aliphatic hydroxyl groups excluding tert-OH is 2. The Bertz CT molecular complexity index is 103. The molecule has 0 radical (unpaired) electrons. The lowest BCUT2D eigenvalue weighted by atomic mass is 10.1. The molecule has 0 aromatic heterocycles. The van der Waals surface area contributed by atoms with Crippen LogP contribution in [0.5, 0.6) is 0 Å². The Labute approximate surface area is 70.0 Å². The SMILES string of the molecule is CCO[C@@H](C(O)CO)C(F)CF. The summed E-state index contributed by atoms with van der Waals surface area (Å²) in [6.07, 6.45) is -4.52. The zero-order valence-corrected chi connectivity index (χ0v) is 6.91. The van der Waals surface area contributed by atoms with Gasteiger partial charge >= 0.3 is 0 Å². The molecule has 0 aliphatic rings. The van der Waals surface area contributed by atoms with Crippen molar-refractivity contribution in [2.75, 3.05) is 19.9 Å². The molecule has 2 unspecified atom stereocenters. The van der Waals surface area contributed by atoms with Crippen LogP contribution in [0.25, 0.3) is 0 Å². The number of aliphatic hydroxyl groups is 2. The van der Waals surface area contributed by atoms with E-state index in [-0.39, 0.29) is 6.61 Å². The molecule has 74 valence electrons. The minimum absolute atomic E-state index is 0.169. The number of alkyl halides is 2. The van der Waals surface area contributed by atoms with Gasteiger partial charge in [0.15, 0.2) is 6.17 Å². The number of ether oxygens (including phenoxy) is 1. The highest BCUT2D eigenvalue weighted by Gasteiger charge is 2.28. The third kappa shape index (κ3) is 3.42. The minimum atomic E-state index is -1.88. The molecule has 0 amide bonds. The molecule has 0 saturated carbocycles. The molecular formula is C7H14F2O3. The molecule has 2 N–H and O–H groups in total. The van der Waals surface area contributed by atoms with Gasteiger partial charge in [-0.05, 0) is 6.92 Å². The molecule has 3 atom stereocenters. The van der Waals surface area contributed by atoms with Crippen molar-refractivity contribution in [3.63, 3.8) is 0 Å². The van der Waals surface area contributed by atoms with Crippen molar-refractivity contribution in [1.82, 2.24) is 0 Å². The fourth-order valence-corrected chi connectivity index (χ4v) is 0.841. The second kappa shape index (κ2) is 6.28. The van der Waals surface area contributed by atoms with Gasteiger partial charge in [-0.25, -0.2) is 8.78 Å². The summed E-state index contributed by atoms with van der Waals surface area (Å²) in [6, 6.07) is 0. The summed E-state index contributed by atoms with van der Waals surface area (Å²) in [5.74, 6) is 0. The second-order valence-corrected chi connectivity index (χ2v) is 2.34. The van der Waals surface area contributed by atoms with Gasteiger partial charge in [0.05, 0.1) is 6.61 Å². The van der Waals surface area contributed by atoms with Gasteiger partial charge in [0.2, 0.25) is 0 Å². The Morgan fingerprint density at radius 2 is 2.08 bits per heavy atom. The van der Waals surface area contributed by atoms with Crippen molar-refractivity contribution in [2.45, 2.75) is 25.3 Å². The first-order valence-electron chi connectivity index (χ1n) is 3.77. The Hall–Kier alpha value is -0.260. The minimum Gasteiger partial charge on any atom is -0.394 e. The molecule has 0 bridgehead atoms. The normalized spacial score (nSPS) is 18.8. The summed E-state index contributed by atoms with van der Waals surface area (Å²) in [6.45, 7) is -0.0863. The van der Waals surface area contributed by atoms with Gasteiger partial charge in [-0.1, -0.05) is 0 Å². The Balaban J connectivity index is 4.01. The zero-order valence-electron chi connectivity index (χ0n) is 6.91. The molecule has 0 rings (SSSR count). The maximum atomic E-state index is 12.6. The van der Waals surface area contributed by atoms with Crippen LogP contribution in [0.15, 0.2) is 0 Å². The van der Waals surface area contributed by atoms with E-state index in [0.717, 1.165) is 0 Å². The van der Waals surface area contributed by atoms with Gasteiger partial charge in [0.1, 0.15) is 18.9 Å². The molecule has 0 aliphatic heterocycles. The standard InChI is InChI=1S/C7H14F2O3/c1-2-12-7(5(9)3-8)6(11)4-10/h5-7,10-11H,2-4H2,1H3/t5?,6?,7-/m1/s1. The van der Waals surface area contributed by atoms with Gasteiger partial charge in [0.25, 0.3) is 0 Å². The number of halogens is 2. The molecular weight excluding hydrogens is 170 g/mol. The van der Waals surface area contributed by atoms with Crippen molar-refractivity contribution in [2.24, 2.45) is 0 Å². The lowest BCUT2D eigenvalue weighted by Crippen LogP contribution is -2.40. The van der Waals surface area contributed by atoms with Crippen LogP contribution in [0.4, 0.5) is 8.78 Å². The fourth-order valence-electron chi connectivity index (χ4n) is 0.841. The smallest absolute Gasteiger partial charge is 0.157 e. The first kappa shape index (κ1) is 11.7. The van der Waals surface area contributed by atoms with E-state index < -0.39 is 31.7 Å². The maximum Gasteiger partial charge on any atom is 0.157 e. The lowest BCUT2D eigenvalue weighted by Gasteiger charge is -2.22. The molecule has 0 spiro atoms. The van der Waals surface area contributed by atoms with Crippen molar-refractivity contribution in [3.8, 4) is 0 Å². The van der Waals surface area contributed by atoms with Gasteiger partial charge in [0, 0.05) is 6.61 Å².